The largest absolute Gasteiger partial charge is 0.382 e. The highest BCUT2D eigenvalue weighted by Gasteiger charge is 2.37. The molecule has 88 valence electrons. The molecule has 0 aromatic rings. The fraction of sp³-hybridized carbons (Fsp3) is 0.900. The van der Waals surface area contributed by atoms with Crippen LogP contribution in [0.1, 0.15) is 38.5 Å². The lowest BCUT2D eigenvalue weighted by Crippen LogP contribution is -2.35. The minimum atomic E-state index is -3.00. The Morgan fingerprint density at radius 2 is 1.87 bits per heavy atom. The highest BCUT2D eigenvalue weighted by atomic mass is 32.2. The summed E-state index contributed by atoms with van der Waals surface area (Å²) >= 11 is 0. The molecule has 15 heavy (non-hydrogen) atoms. The number of Topliss-reactive ketones (excluding diaryl/α,β-unsaturated/α-hetero) is 1. The van der Waals surface area contributed by atoms with Gasteiger partial charge in [-0.2, -0.15) is 0 Å². The van der Waals surface area contributed by atoms with Crippen molar-refractivity contribution >= 4 is 15.6 Å². The number of sulfone groups is 1. The highest BCUT2D eigenvalue weighted by Crippen LogP contribution is 2.31. The van der Waals surface area contributed by atoms with E-state index in [1.807, 2.05) is 0 Å². The molecule has 1 aliphatic carbocycles. The molecular formula is C10H18O4S. The minimum Gasteiger partial charge on any atom is -0.382 e. The summed E-state index contributed by atoms with van der Waals surface area (Å²) in [5.41, 5.74) is -1.16. The molecule has 0 unspecified atom stereocenters. The maximum absolute atomic E-state index is 11.6. The molecule has 0 atom stereocenters. The quantitative estimate of drug-likeness (QED) is 0.759. The number of rotatable bonds is 5. The Morgan fingerprint density at radius 3 is 2.33 bits per heavy atom. The smallest absolute Gasteiger partial charge is 0.164 e. The number of ketones is 1. The third kappa shape index (κ3) is 3.91. The van der Waals surface area contributed by atoms with Gasteiger partial charge in [-0.3, -0.25) is 4.79 Å². The predicted octanol–water partition coefficient (Wildman–Crippen LogP) is 0.685. The molecule has 5 heteroatoms. The summed E-state index contributed by atoms with van der Waals surface area (Å²) in [4.78, 5) is 11.6. The number of hydrogen-bond acceptors (Lipinski definition) is 4. The van der Waals surface area contributed by atoms with Crippen LogP contribution < -0.4 is 0 Å². The number of carbonyl (C=O) groups excluding carboxylic acids is 1. The summed E-state index contributed by atoms with van der Waals surface area (Å²) < 4.78 is 21.7. The zero-order valence-corrected chi connectivity index (χ0v) is 9.85. The van der Waals surface area contributed by atoms with Crippen LogP contribution in [0, 0.1) is 0 Å². The van der Waals surface area contributed by atoms with E-state index < -0.39 is 15.4 Å². The molecule has 0 amide bonds. The van der Waals surface area contributed by atoms with Gasteiger partial charge < -0.3 is 5.11 Å². The lowest BCUT2D eigenvalue weighted by Gasteiger charge is -2.19. The topological polar surface area (TPSA) is 71.4 Å². The minimum absolute atomic E-state index is 0.0226. The van der Waals surface area contributed by atoms with Gasteiger partial charge in [-0.1, -0.05) is 0 Å². The summed E-state index contributed by atoms with van der Waals surface area (Å²) in [6.07, 6.45) is 4.48. The Bertz CT molecular complexity index is 325. The van der Waals surface area contributed by atoms with Crippen molar-refractivity contribution in [3.8, 4) is 0 Å². The molecule has 0 aromatic heterocycles. The van der Waals surface area contributed by atoms with Gasteiger partial charge in [0, 0.05) is 12.7 Å². The summed E-state index contributed by atoms with van der Waals surface area (Å²) in [7, 11) is -3.00. The molecule has 1 N–H and O–H groups in total. The van der Waals surface area contributed by atoms with Crippen LogP contribution in [0.25, 0.3) is 0 Å². The van der Waals surface area contributed by atoms with Crippen molar-refractivity contribution in [1.82, 2.24) is 0 Å². The first-order valence-electron chi connectivity index (χ1n) is 5.27. The molecule has 0 aromatic carbocycles. The van der Waals surface area contributed by atoms with Crippen molar-refractivity contribution < 1.29 is 18.3 Å². The molecule has 0 aliphatic heterocycles. The normalized spacial score (nSPS) is 20.4. The van der Waals surface area contributed by atoms with Crippen molar-refractivity contribution in [2.75, 3.05) is 12.0 Å². The van der Waals surface area contributed by atoms with Crippen LogP contribution in [0.5, 0.6) is 0 Å². The van der Waals surface area contributed by atoms with Gasteiger partial charge in [-0.05, 0) is 32.1 Å². The van der Waals surface area contributed by atoms with Gasteiger partial charge >= 0.3 is 0 Å². The molecule has 0 heterocycles. The third-order valence-electron chi connectivity index (χ3n) is 2.87. The molecule has 1 fully saturated rings. The third-order valence-corrected chi connectivity index (χ3v) is 3.90. The highest BCUT2D eigenvalue weighted by molar-refractivity contribution is 7.90. The van der Waals surface area contributed by atoms with E-state index in [-0.39, 0.29) is 18.0 Å². The second-order valence-corrected chi connectivity index (χ2v) is 6.66. The zero-order valence-electron chi connectivity index (χ0n) is 9.03. The Balaban J connectivity index is 2.36. The van der Waals surface area contributed by atoms with Gasteiger partial charge in [-0.25, -0.2) is 8.42 Å². The molecule has 0 radical (unpaired) electrons. The molecule has 1 saturated carbocycles. The van der Waals surface area contributed by atoms with Crippen molar-refractivity contribution in [2.45, 2.75) is 44.1 Å². The summed E-state index contributed by atoms with van der Waals surface area (Å²) in [6, 6.07) is 0. The Morgan fingerprint density at radius 1 is 1.33 bits per heavy atom. The summed E-state index contributed by atoms with van der Waals surface area (Å²) in [5, 5.41) is 9.89. The van der Waals surface area contributed by atoms with E-state index in [0.29, 0.717) is 19.3 Å². The second-order valence-electron chi connectivity index (χ2n) is 4.40. The predicted molar refractivity (Wildman–Crippen MR) is 57.4 cm³/mol. The van der Waals surface area contributed by atoms with Gasteiger partial charge in [0.25, 0.3) is 0 Å². The van der Waals surface area contributed by atoms with Crippen molar-refractivity contribution in [3.63, 3.8) is 0 Å². The Kier molecular flexibility index (Phi) is 3.89. The SMILES string of the molecule is CS(=O)(=O)CCCC(=O)C1(O)CCCC1. The van der Waals surface area contributed by atoms with Crippen LogP contribution in [0.3, 0.4) is 0 Å². The maximum Gasteiger partial charge on any atom is 0.164 e. The first-order chi connectivity index (χ1) is 6.83. The van der Waals surface area contributed by atoms with E-state index >= 15 is 0 Å². The molecule has 0 saturated heterocycles. The first-order valence-corrected chi connectivity index (χ1v) is 7.33. The van der Waals surface area contributed by atoms with Crippen LogP contribution in [0.2, 0.25) is 0 Å². The molecule has 0 spiro atoms. The van der Waals surface area contributed by atoms with Gasteiger partial charge in [0.2, 0.25) is 0 Å². The van der Waals surface area contributed by atoms with Crippen LogP contribution in [-0.2, 0) is 14.6 Å². The average Bonchev–Trinajstić information content (AvgIpc) is 2.51. The standard InChI is InChI=1S/C10H18O4S/c1-15(13,14)8-4-5-9(11)10(12)6-2-3-7-10/h12H,2-8H2,1H3. The van der Waals surface area contributed by atoms with E-state index in [0.717, 1.165) is 19.1 Å². The monoisotopic (exact) mass is 234 g/mol. The van der Waals surface area contributed by atoms with E-state index in [9.17, 15) is 18.3 Å². The first kappa shape index (κ1) is 12.6. The van der Waals surface area contributed by atoms with Crippen molar-refractivity contribution in [1.29, 1.82) is 0 Å². The number of aliphatic hydroxyl groups is 1. The number of hydrogen-bond donors (Lipinski definition) is 1. The molecule has 4 nitrogen and oxygen atoms in total. The van der Waals surface area contributed by atoms with E-state index in [2.05, 4.69) is 0 Å². The Hall–Kier alpha value is -0.420. The fourth-order valence-corrected chi connectivity index (χ4v) is 2.64. The molecule has 1 aliphatic rings. The van der Waals surface area contributed by atoms with E-state index in [1.54, 1.807) is 0 Å². The van der Waals surface area contributed by atoms with Crippen molar-refractivity contribution in [3.05, 3.63) is 0 Å². The molecular weight excluding hydrogens is 216 g/mol. The maximum atomic E-state index is 11.6. The lowest BCUT2D eigenvalue weighted by molar-refractivity contribution is -0.136. The summed E-state index contributed by atoms with van der Waals surface area (Å²) in [5.74, 6) is -0.168. The second kappa shape index (κ2) is 4.61. The van der Waals surface area contributed by atoms with Crippen LogP contribution in [0.4, 0.5) is 0 Å². The van der Waals surface area contributed by atoms with E-state index in [4.69, 9.17) is 0 Å². The number of carbonyl (C=O) groups is 1. The molecule has 0 bridgehead atoms. The zero-order chi connectivity index (χ0) is 11.5. The van der Waals surface area contributed by atoms with Crippen LogP contribution >= 0.6 is 0 Å². The van der Waals surface area contributed by atoms with Gasteiger partial charge in [0.1, 0.15) is 15.4 Å². The van der Waals surface area contributed by atoms with Gasteiger partial charge in [-0.15, -0.1) is 0 Å². The average molecular weight is 234 g/mol. The van der Waals surface area contributed by atoms with Crippen LogP contribution in [0.15, 0.2) is 0 Å². The van der Waals surface area contributed by atoms with Gasteiger partial charge in [0.15, 0.2) is 5.78 Å². The van der Waals surface area contributed by atoms with E-state index in [1.165, 1.54) is 0 Å². The molecule has 1 rings (SSSR count). The lowest BCUT2D eigenvalue weighted by atomic mass is 9.94. The van der Waals surface area contributed by atoms with Crippen molar-refractivity contribution in [2.24, 2.45) is 0 Å². The summed E-state index contributed by atoms with van der Waals surface area (Å²) in [6.45, 7) is 0. The Labute approximate surface area is 90.6 Å². The van der Waals surface area contributed by atoms with Crippen LogP contribution in [-0.4, -0.2) is 36.9 Å². The fourth-order valence-electron chi connectivity index (χ4n) is 1.97. The van der Waals surface area contributed by atoms with Gasteiger partial charge in [0.05, 0.1) is 5.75 Å².